The lowest BCUT2D eigenvalue weighted by atomic mass is 9.96. The molecule has 1 saturated heterocycles. The van der Waals surface area contributed by atoms with Crippen molar-refractivity contribution in [2.24, 2.45) is 11.8 Å². The van der Waals surface area contributed by atoms with Gasteiger partial charge in [-0.05, 0) is 49.9 Å². The van der Waals surface area contributed by atoms with E-state index in [0.29, 0.717) is 18.0 Å². The third-order valence-corrected chi connectivity index (χ3v) is 8.01. The van der Waals surface area contributed by atoms with Crippen molar-refractivity contribution in [1.82, 2.24) is 14.6 Å². The maximum atomic E-state index is 13.2. The first-order valence-electron chi connectivity index (χ1n) is 10.4. The molecule has 2 atom stereocenters. The Kier molecular flexibility index (Phi) is 7.63. The lowest BCUT2D eigenvalue weighted by Crippen LogP contribution is -2.52. The molecule has 0 aliphatic carbocycles. The highest BCUT2D eigenvalue weighted by molar-refractivity contribution is 7.89. The van der Waals surface area contributed by atoms with Crippen LogP contribution >= 0.6 is 11.3 Å². The number of nitrogens with zero attached hydrogens (tertiary/aromatic N) is 2. The molecular formula is C21H27FN4O4S2. The predicted octanol–water partition coefficient (Wildman–Crippen LogP) is 2.77. The Hall–Kier alpha value is -2.37. The second-order valence-corrected chi connectivity index (χ2v) is 11.3. The highest BCUT2D eigenvalue weighted by Crippen LogP contribution is 2.25. The minimum absolute atomic E-state index is 0.00362. The molecule has 174 valence electrons. The van der Waals surface area contributed by atoms with Gasteiger partial charge in [-0.2, -0.15) is 4.31 Å². The standard InChI is InChI=1S/C21H27FN4O4S2/c1-13(2)18(20(28)25-21-23-11-14(3)31-21)24-19(27)15-5-4-10-26(12-15)32(29,30)17-8-6-16(22)7-9-17/h6-9,11,13,15,18H,4-5,10,12H2,1-3H3,(H,24,27)(H,23,25,28)/t15?,18-/m0/s1. The Balaban J connectivity index is 1.67. The van der Waals surface area contributed by atoms with Gasteiger partial charge in [-0.3, -0.25) is 9.59 Å². The number of thiazole rings is 1. The van der Waals surface area contributed by atoms with E-state index >= 15 is 0 Å². The van der Waals surface area contributed by atoms with Crippen LogP contribution in [-0.2, 0) is 19.6 Å². The number of rotatable bonds is 7. The van der Waals surface area contributed by atoms with Gasteiger partial charge in [0.05, 0.1) is 10.8 Å². The van der Waals surface area contributed by atoms with Gasteiger partial charge in [-0.15, -0.1) is 11.3 Å². The van der Waals surface area contributed by atoms with Crippen LogP contribution in [0.15, 0.2) is 35.4 Å². The molecule has 1 fully saturated rings. The molecule has 0 radical (unpaired) electrons. The Morgan fingerprint density at radius 2 is 1.94 bits per heavy atom. The van der Waals surface area contributed by atoms with Crippen molar-refractivity contribution < 1.29 is 22.4 Å². The third kappa shape index (κ3) is 5.70. The van der Waals surface area contributed by atoms with Crippen LogP contribution in [0.1, 0.15) is 31.6 Å². The molecule has 2 heterocycles. The number of halogens is 1. The van der Waals surface area contributed by atoms with Crippen molar-refractivity contribution in [2.45, 2.75) is 44.6 Å². The van der Waals surface area contributed by atoms with E-state index in [1.54, 1.807) is 6.20 Å². The summed E-state index contributed by atoms with van der Waals surface area (Å²) in [5, 5.41) is 5.98. The molecular weight excluding hydrogens is 455 g/mol. The molecule has 11 heteroatoms. The van der Waals surface area contributed by atoms with E-state index in [2.05, 4.69) is 15.6 Å². The average molecular weight is 483 g/mol. The van der Waals surface area contributed by atoms with Crippen LogP contribution in [0.3, 0.4) is 0 Å². The summed E-state index contributed by atoms with van der Waals surface area (Å²) in [5.74, 6) is -2.02. The fourth-order valence-corrected chi connectivity index (χ4v) is 5.72. The zero-order valence-corrected chi connectivity index (χ0v) is 19.8. The Labute approximate surface area is 191 Å². The Morgan fingerprint density at radius 1 is 1.25 bits per heavy atom. The number of hydrogen-bond acceptors (Lipinski definition) is 6. The van der Waals surface area contributed by atoms with Gasteiger partial charge >= 0.3 is 0 Å². The quantitative estimate of drug-likeness (QED) is 0.631. The maximum Gasteiger partial charge on any atom is 0.248 e. The fourth-order valence-electron chi connectivity index (χ4n) is 3.53. The molecule has 1 aromatic carbocycles. The van der Waals surface area contributed by atoms with E-state index in [4.69, 9.17) is 0 Å². The fraction of sp³-hybridized carbons (Fsp3) is 0.476. The predicted molar refractivity (Wildman–Crippen MR) is 120 cm³/mol. The van der Waals surface area contributed by atoms with Crippen molar-refractivity contribution in [2.75, 3.05) is 18.4 Å². The largest absolute Gasteiger partial charge is 0.344 e. The summed E-state index contributed by atoms with van der Waals surface area (Å²) in [6.45, 7) is 5.81. The molecule has 1 aromatic heterocycles. The number of anilines is 1. The van der Waals surface area contributed by atoms with Crippen LogP contribution in [0, 0.1) is 24.6 Å². The molecule has 1 aliphatic rings. The van der Waals surface area contributed by atoms with Gasteiger partial charge in [-0.1, -0.05) is 13.8 Å². The number of sulfonamides is 1. The zero-order chi connectivity index (χ0) is 23.5. The van der Waals surface area contributed by atoms with Gasteiger partial charge in [0.1, 0.15) is 11.9 Å². The Bertz CT molecular complexity index is 1070. The highest BCUT2D eigenvalue weighted by atomic mass is 32.2. The molecule has 1 unspecified atom stereocenters. The molecule has 0 bridgehead atoms. The summed E-state index contributed by atoms with van der Waals surface area (Å²) in [5.41, 5.74) is 0. The molecule has 2 N–H and O–H groups in total. The lowest BCUT2D eigenvalue weighted by molar-refractivity contribution is -0.130. The van der Waals surface area contributed by atoms with Crippen LogP contribution in [0.25, 0.3) is 0 Å². The number of aromatic nitrogens is 1. The minimum Gasteiger partial charge on any atom is -0.344 e. The number of amides is 2. The molecule has 0 saturated carbocycles. The first-order valence-corrected chi connectivity index (χ1v) is 12.6. The van der Waals surface area contributed by atoms with Crippen molar-refractivity contribution in [3.8, 4) is 0 Å². The smallest absolute Gasteiger partial charge is 0.248 e. The number of nitrogens with one attached hydrogen (secondary N) is 2. The monoisotopic (exact) mass is 482 g/mol. The van der Waals surface area contributed by atoms with Gasteiger partial charge < -0.3 is 10.6 Å². The number of piperidine rings is 1. The minimum atomic E-state index is -3.84. The highest BCUT2D eigenvalue weighted by Gasteiger charge is 2.35. The van der Waals surface area contributed by atoms with Crippen LogP contribution in [0.2, 0.25) is 0 Å². The van der Waals surface area contributed by atoms with Gasteiger partial charge in [0, 0.05) is 24.2 Å². The summed E-state index contributed by atoms with van der Waals surface area (Å²) in [6.07, 6.45) is 2.68. The first kappa shape index (κ1) is 24.3. The average Bonchev–Trinajstić information content (AvgIpc) is 3.16. The van der Waals surface area contributed by atoms with Crippen molar-refractivity contribution in [3.63, 3.8) is 0 Å². The third-order valence-electron chi connectivity index (χ3n) is 5.30. The van der Waals surface area contributed by atoms with Gasteiger partial charge in [0.25, 0.3) is 0 Å². The van der Waals surface area contributed by atoms with Crippen molar-refractivity contribution >= 4 is 38.3 Å². The van der Waals surface area contributed by atoms with Crippen LogP contribution in [-0.4, -0.2) is 48.7 Å². The zero-order valence-electron chi connectivity index (χ0n) is 18.2. The molecule has 0 spiro atoms. The van der Waals surface area contributed by atoms with E-state index in [0.717, 1.165) is 17.0 Å². The van der Waals surface area contributed by atoms with E-state index in [9.17, 15) is 22.4 Å². The van der Waals surface area contributed by atoms with Crippen LogP contribution in [0.5, 0.6) is 0 Å². The summed E-state index contributed by atoms with van der Waals surface area (Å²) >= 11 is 1.34. The normalized spacial score (nSPS) is 18.3. The van der Waals surface area contributed by atoms with E-state index in [1.165, 1.54) is 27.8 Å². The van der Waals surface area contributed by atoms with E-state index in [-0.39, 0.29) is 35.7 Å². The van der Waals surface area contributed by atoms with Gasteiger partial charge in [0.15, 0.2) is 5.13 Å². The van der Waals surface area contributed by atoms with Gasteiger partial charge in [0.2, 0.25) is 21.8 Å². The number of carbonyl (C=O) groups excluding carboxylic acids is 2. The number of carbonyl (C=O) groups is 2. The summed E-state index contributed by atoms with van der Waals surface area (Å²) in [7, 11) is -3.84. The summed E-state index contributed by atoms with van der Waals surface area (Å²) < 4.78 is 40.2. The summed E-state index contributed by atoms with van der Waals surface area (Å²) in [4.78, 5) is 30.7. The van der Waals surface area contributed by atoms with Crippen molar-refractivity contribution in [1.29, 1.82) is 0 Å². The molecule has 2 amide bonds. The van der Waals surface area contributed by atoms with E-state index in [1.807, 2.05) is 20.8 Å². The van der Waals surface area contributed by atoms with Crippen molar-refractivity contribution in [3.05, 3.63) is 41.2 Å². The second-order valence-electron chi connectivity index (χ2n) is 8.15. The summed E-state index contributed by atoms with van der Waals surface area (Å²) in [6, 6.07) is 3.84. The molecule has 8 nitrogen and oxygen atoms in total. The maximum absolute atomic E-state index is 13.2. The lowest BCUT2D eigenvalue weighted by Gasteiger charge is -2.32. The topological polar surface area (TPSA) is 108 Å². The number of aryl methyl sites for hydroxylation is 1. The molecule has 3 rings (SSSR count). The van der Waals surface area contributed by atoms with Gasteiger partial charge in [-0.25, -0.2) is 17.8 Å². The molecule has 2 aromatic rings. The van der Waals surface area contributed by atoms with Crippen LogP contribution < -0.4 is 10.6 Å². The SMILES string of the molecule is Cc1cnc(NC(=O)[C@@H](NC(=O)C2CCCN(S(=O)(=O)c3ccc(F)cc3)C2)C(C)C)s1. The first-order chi connectivity index (χ1) is 15.1. The number of benzene rings is 1. The number of hydrogen-bond donors (Lipinski definition) is 2. The van der Waals surface area contributed by atoms with Crippen LogP contribution in [0.4, 0.5) is 9.52 Å². The Morgan fingerprint density at radius 3 is 2.53 bits per heavy atom. The molecule has 32 heavy (non-hydrogen) atoms. The molecule has 1 aliphatic heterocycles. The second kappa shape index (κ2) is 10.1. The van der Waals surface area contributed by atoms with E-state index < -0.39 is 27.8 Å².